The zero-order valence-corrected chi connectivity index (χ0v) is 14.7. The molecule has 0 unspecified atom stereocenters. The van der Waals surface area contributed by atoms with Crippen molar-refractivity contribution in [2.75, 3.05) is 0 Å². The van der Waals surface area contributed by atoms with E-state index in [0.717, 1.165) is 17.6 Å². The van der Waals surface area contributed by atoms with E-state index in [1.165, 1.54) is 21.5 Å². The summed E-state index contributed by atoms with van der Waals surface area (Å²) in [6.07, 6.45) is 3.64. The van der Waals surface area contributed by atoms with Gasteiger partial charge in [-0.25, -0.2) is 0 Å². The van der Waals surface area contributed by atoms with Gasteiger partial charge in [-0.05, 0) is 57.2 Å². The summed E-state index contributed by atoms with van der Waals surface area (Å²) in [7, 11) is 0. The van der Waals surface area contributed by atoms with Crippen molar-refractivity contribution in [2.24, 2.45) is 5.92 Å². The Morgan fingerprint density at radius 2 is 1.50 bits per heavy atom. The molecule has 0 spiro atoms. The molecule has 1 heteroatoms. The van der Waals surface area contributed by atoms with E-state index in [0.29, 0.717) is 6.42 Å². The highest BCUT2D eigenvalue weighted by Gasteiger charge is 2.14. The van der Waals surface area contributed by atoms with E-state index in [1.54, 1.807) is 0 Å². The predicted molar refractivity (Wildman–Crippen MR) is 104 cm³/mol. The topological polar surface area (TPSA) is 17.1 Å². The Labute approximate surface area is 144 Å². The average molecular weight is 316 g/mol. The second-order valence-electron chi connectivity index (χ2n) is 6.66. The third-order valence-electron chi connectivity index (χ3n) is 4.53. The number of hydrogen-bond donors (Lipinski definition) is 0. The van der Waals surface area contributed by atoms with Crippen LogP contribution in [0.15, 0.2) is 60.2 Å². The minimum Gasteiger partial charge on any atom is -0.295 e. The zero-order chi connectivity index (χ0) is 17.1. The van der Waals surface area contributed by atoms with Gasteiger partial charge in [0.25, 0.3) is 0 Å². The molecule has 0 saturated heterocycles. The van der Waals surface area contributed by atoms with Crippen LogP contribution in [0.5, 0.6) is 0 Å². The van der Waals surface area contributed by atoms with Gasteiger partial charge in [0.1, 0.15) is 0 Å². The molecular formula is C23H24O. The maximum atomic E-state index is 12.6. The molecule has 24 heavy (non-hydrogen) atoms. The van der Waals surface area contributed by atoms with Crippen molar-refractivity contribution in [3.8, 4) is 0 Å². The molecule has 0 aliphatic rings. The second-order valence-corrected chi connectivity index (χ2v) is 6.66. The molecule has 0 fully saturated rings. The van der Waals surface area contributed by atoms with Crippen LogP contribution in [0.2, 0.25) is 0 Å². The molecule has 0 radical (unpaired) electrons. The molecule has 0 heterocycles. The van der Waals surface area contributed by atoms with Crippen molar-refractivity contribution in [2.45, 2.75) is 33.6 Å². The summed E-state index contributed by atoms with van der Waals surface area (Å²) in [5, 5.41) is 4.85. The Kier molecular flexibility index (Phi) is 4.80. The van der Waals surface area contributed by atoms with Crippen LogP contribution < -0.4 is 0 Å². The molecule has 0 saturated carbocycles. The highest BCUT2D eigenvalue weighted by atomic mass is 16.1. The fourth-order valence-corrected chi connectivity index (χ4v) is 3.30. The van der Waals surface area contributed by atoms with E-state index in [1.807, 2.05) is 0 Å². The number of hydrogen-bond acceptors (Lipinski definition) is 1. The van der Waals surface area contributed by atoms with Crippen LogP contribution in [0.1, 0.15) is 39.2 Å². The Morgan fingerprint density at radius 3 is 2.00 bits per heavy atom. The van der Waals surface area contributed by atoms with E-state index < -0.39 is 0 Å². The lowest BCUT2D eigenvalue weighted by Gasteiger charge is -2.13. The van der Waals surface area contributed by atoms with Crippen LogP contribution in [0, 0.1) is 5.92 Å². The molecule has 0 bridgehead atoms. The van der Waals surface area contributed by atoms with Gasteiger partial charge in [0.05, 0.1) is 0 Å². The smallest absolute Gasteiger partial charge is 0.159 e. The fourth-order valence-electron chi connectivity index (χ4n) is 3.30. The number of fused-ring (bicyclic) bond motifs is 2. The Balaban J connectivity index is 2.32. The number of rotatable bonds is 5. The Bertz CT molecular complexity index is 862. The van der Waals surface area contributed by atoms with Crippen molar-refractivity contribution >= 4 is 33.4 Å². The predicted octanol–water partition coefficient (Wildman–Crippen LogP) is 6.40. The maximum Gasteiger partial charge on any atom is 0.159 e. The molecule has 0 aliphatic heterocycles. The molecule has 3 aromatic rings. The first-order valence-electron chi connectivity index (χ1n) is 8.77. The number of benzene rings is 3. The molecule has 0 amide bonds. The molecule has 1 nitrogen and oxygen atoms in total. The van der Waals surface area contributed by atoms with Crippen LogP contribution in [-0.4, -0.2) is 5.78 Å². The number of carbonyl (C=O) groups is 1. The maximum absolute atomic E-state index is 12.6. The summed E-state index contributed by atoms with van der Waals surface area (Å²) in [4.78, 5) is 12.6. The van der Waals surface area contributed by atoms with Gasteiger partial charge < -0.3 is 0 Å². The van der Waals surface area contributed by atoms with Crippen molar-refractivity contribution in [1.82, 2.24) is 0 Å². The molecule has 0 aliphatic carbocycles. The summed E-state index contributed by atoms with van der Waals surface area (Å²) < 4.78 is 0. The fraction of sp³-hybridized carbons (Fsp3) is 0.261. The van der Waals surface area contributed by atoms with Gasteiger partial charge in [0.15, 0.2) is 5.78 Å². The van der Waals surface area contributed by atoms with Gasteiger partial charge in [-0.15, -0.1) is 0 Å². The first-order valence-corrected chi connectivity index (χ1v) is 8.77. The van der Waals surface area contributed by atoms with Gasteiger partial charge in [0, 0.05) is 6.42 Å². The number of Topliss-reactive ketones (excluding diaryl/α,β-unsaturated/α-hetero) is 1. The van der Waals surface area contributed by atoms with Gasteiger partial charge in [-0.2, -0.15) is 0 Å². The lowest BCUT2D eigenvalue weighted by Crippen LogP contribution is -2.08. The van der Waals surface area contributed by atoms with Crippen molar-refractivity contribution in [3.63, 3.8) is 0 Å². The third-order valence-corrected chi connectivity index (χ3v) is 4.53. The molecular weight excluding hydrogens is 292 g/mol. The first-order chi connectivity index (χ1) is 11.6. The van der Waals surface area contributed by atoms with Crippen LogP contribution in [0.25, 0.3) is 27.6 Å². The molecule has 0 N–H and O–H groups in total. The number of allylic oxidation sites excluding steroid dienone is 1. The zero-order valence-electron chi connectivity index (χ0n) is 14.7. The lowest BCUT2D eigenvalue weighted by molar-refractivity contribution is -0.115. The standard InChI is InChI=1S/C23H24O/c1-4-9-23(24)21(16(2)3)15-22-19-12-7-5-10-17(19)14-18-11-6-8-13-20(18)22/h5-8,10-16H,4,9H2,1-3H3/b21-15+. The molecule has 122 valence electrons. The molecule has 0 aromatic heterocycles. The SMILES string of the molecule is CCCC(=O)/C(=C/c1c2ccccc2cc2ccccc12)C(C)C. The van der Waals surface area contributed by atoms with Gasteiger partial charge in [-0.3, -0.25) is 4.79 Å². The largest absolute Gasteiger partial charge is 0.295 e. The number of carbonyl (C=O) groups excluding carboxylic acids is 1. The highest BCUT2D eigenvalue weighted by molar-refractivity contribution is 6.10. The Morgan fingerprint density at radius 1 is 0.958 bits per heavy atom. The van der Waals surface area contributed by atoms with E-state index >= 15 is 0 Å². The summed E-state index contributed by atoms with van der Waals surface area (Å²) in [6.45, 7) is 6.27. The van der Waals surface area contributed by atoms with Gasteiger partial charge in [-0.1, -0.05) is 69.3 Å². The van der Waals surface area contributed by atoms with Crippen molar-refractivity contribution < 1.29 is 4.79 Å². The van der Waals surface area contributed by atoms with Crippen LogP contribution in [-0.2, 0) is 4.79 Å². The second kappa shape index (κ2) is 7.00. The monoisotopic (exact) mass is 316 g/mol. The average Bonchev–Trinajstić information content (AvgIpc) is 2.58. The van der Waals surface area contributed by atoms with Gasteiger partial charge in [0.2, 0.25) is 0 Å². The first kappa shape index (κ1) is 16.4. The summed E-state index contributed by atoms with van der Waals surface area (Å²) >= 11 is 0. The quantitative estimate of drug-likeness (QED) is 0.393. The van der Waals surface area contributed by atoms with Crippen LogP contribution >= 0.6 is 0 Å². The minimum atomic E-state index is 0.224. The normalized spacial score (nSPS) is 12.2. The molecule has 3 aromatic carbocycles. The summed E-state index contributed by atoms with van der Waals surface area (Å²) in [6, 6.07) is 19.1. The van der Waals surface area contributed by atoms with Crippen LogP contribution in [0.3, 0.4) is 0 Å². The van der Waals surface area contributed by atoms with E-state index in [2.05, 4.69) is 81.4 Å². The van der Waals surface area contributed by atoms with E-state index in [-0.39, 0.29) is 11.7 Å². The van der Waals surface area contributed by atoms with Crippen LogP contribution in [0.4, 0.5) is 0 Å². The molecule has 3 rings (SSSR count). The van der Waals surface area contributed by atoms with Crippen molar-refractivity contribution in [3.05, 3.63) is 65.7 Å². The highest BCUT2D eigenvalue weighted by Crippen LogP contribution is 2.31. The Hall–Kier alpha value is -2.41. The summed E-state index contributed by atoms with van der Waals surface area (Å²) in [5.41, 5.74) is 2.09. The third kappa shape index (κ3) is 3.12. The summed E-state index contributed by atoms with van der Waals surface area (Å²) in [5.74, 6) is 0.492. The number of ketones is 1. The minimum absolute atomic E-state index is 0.224. The van der Waals surface area contributed by atoms with Gasteiger partial charge >= 0.3 is 0 Å². The van der Waals surface area contributed by atoms with E-state index in [9.17, 15) is 4.79 Å². The van der Waals surface area contributed by atoms with E-state index in [4.69, 9.17) is 0 Å². The van der Waals surface area contributed by atoms with Crippen molar-refractivity contribution in [1.29, 1.82) is 0 Å². The molecule has 0 atom stereocenters. The lowest BCUT2D eigenvalue weighted by atomic mass is 9.90.